The molecule has 5 rings (SSSR count). The van der Waals surface area contributed by atoms with E-state index in [-0.39, 0.29) is 11.7 Å². The molecule has 0 bridgehead atoms. The van der Waals surface area contributed by atoms with Crippen LogP contribution < -0.4 is 16.1 Å². The van der Waals surface area contributed by atoms with Crippen molar-refractivity contribution in [2.24, 2.45) is 11.8 Å². The van der Waals surface area contributed by atoms with E-state index >= 15 is 0 Å². The highest BCUT2D eigenvalue weighted by molar-refractivity contribution is 14.1. The van der Waals surface area contributed by atoms with Gasteiger partial charge >= 0.3 is 5.63 Å². The molecule has 30 heavy (non-hydrogen) atoms. The minimum atomic E-state index is -0.326. The van der Waals surface area contributed by atoms with Gasteiger partial charge in [-0.25, -0.2) is 19.7 Å². The smallest absolute Gasteiger partial charge is 0.346 e. The summed E-state index contributed by atoms with van der Waals surface area (Å²) in [7, 11) is 0. The van der Waals surface area contributed by atoms with Crippen LogP contribution in [0.15, 0.2) is 27.2 Å². The zero-order valence-electron chi connectivity index (χ0n) is 16.8. The molecule has 1 saturated carbocycles. The average Bonchev–Trinajstić information content (AvgIpc) is 3.11. The lowest BCUT2D eigenvalue weighted by Gasteiger charge is -2.37. The molecule has 3 aliphatic heterocycles. The minimum absolute atomic E-state index is 0.00845. The molecule has 9 heteroatoms. The normalized spacial score (nSPS) is 21.5. The molecule has 156 valence electrons. The zero-order valence-corrected chi connectivity index (χ0v) is 18.9. The van der Waals surface area contributed by atoms with Gasteiger partial charge in [0.15, 0.2) is 21.2 Å². The number of nitrogens with two attached hydrogens (primary N) is 1. The van der Waals surface area contributed by atoms with Crippen molar-refractivity contribution < 1.29 is 9.15 Å². The maximum Gasteiger partial charge on any atom is 0.346 e. The van der Waals surface area contributed by atoms with Crippen LogP contribution in [0.5, 0.6) is 5.75 Å². The zero-order chi connectivity index (χ0) is 21.0. The van der Waals surface area contributed by atoms with Crippen molar-refractivity contribution in [2.45, 2.75) is 45.8 Å². The van der Waals surface area contributed by atoms with Crippen molar-refractivity contribution >= 4 is 34.5 Å². The van der Waals surface area contributed by atoms with Crippen LogP contribution in [0.3, 0.4) is 0 Å². The Bertz CT molecular complexity index is 1180. The summed E-state index contributed by atoms with van der Waals surface area (Å²) in [6.45, 7) is 4.81. The molecule has 1 fully saturated rings. The quantitative estimate of drug-likeness (QED) is 0.419. The van der Waals surface area contributed by atoms with Gasteiger partial charge in [0.2, 0.25) is 0 Å². The number of fused-ring (bicyclic) bond motifs is 3. The minimum Gasteiger partial charge on any atom is -0.485 e. The number of hydrogen-bond donors (Lipinski definition) is 1. The topological polar surface area (TPSA) is 109 Å². The van der Waals surface area contributed by atoms with Gasteiger partial charge in [-0.05, 0) is 49.7 Å². The first-order chi connectivity index (χ1) is 14.4. The Hall–Kier alpha value is -2.43. The fourth-order valence-electron chi connectivity index (χ4n) is 4.54. The Kier molecular flexibility index (Phi) is 4.79. The second kappa shape index (κ2) is 7.36. The second-order valence-corrected chi connectivity index (χ2v) is 9.17. The van der Waals surface area contributed by atoms with Gasteiger partial charge < -0.3 is 19.5 Å². The number of nitrogens with zero attached hydrogens (tertiary/aromatic N) is 4. The number of aromatic nitrogens is 4. The van der Waals surface area contributed by atoms with E-state index in [1.807, 2.05) is 10.6 Å². The molecule has 0 radical (unpaired) electrons. The molecule has 4 heterocycles. The van der Waals surface area contributed by atoms with Crippen LogP contribution in [0.25, 0.3) is 17.6 Å². The summed E-state index contributed by atoms with van der Waals surface area (Å²) in [4.78, 5) is 25.4. The molecular weight excluding hydrogens is 495 g/mol. The van der Waals surface area contributed by atoms with Gasteiger partial charge in [-0.1, -0.05) is 6.92 Å². The third-order valence-corrected chi connectivity index (χ3v) is 6.64. The van der Waals surface area contributed by atoms with E-state index in [1.165, 1.54) is 5.57 Å². The van der Waals surface area contributed by atoms with Crippen LogP contribution in [-0.4, -0.2) is 25.6 Å². The standard InChI is InChI=1S/C21H22IN5O3/c1-10(8-27-9-24-18(23)17-19(27)26-21(22)25-17)12-3-4-13-6-14-16(30-15(13)7-12)5-11(2)29-20(14)28/h5-6,9-10,12,15H,3-4,7-8,23H2,1-2H3/t10?,12?,15-/m0/s1/i22-2. The number of halogens is 1. The van der Waals surface area contributed by atoms with Crippen LogP contribution in [-0.2, 0) is 6.54 Å². The molecule has 0 spiro atoms. The van der Waals surface area contributed by atoms with Gasteiger partial charge in [0.25, 0.3) is 0 Å². The van der Waals surface area contributed by atoms with Gasteiger partial charge in [0, 0.05) is 35.2 Å². The monoisotopic (exact) mass is 517 g/mol. The maximum atomic E-state index is 12.1. The van der Waals surface area contributed by atoms with Crippen molar-refractivity contribution in [3.05, 3.63) is 43.5 Å². The molecule has 8 nitrogen and oxygen atoms in total. The van der Waals surface area contributed by atoms with E-state index in [1.54, 1.807) is 19.3 Å². The Morgan fingerprint density at radius 1 is 1.40 bits per heavy atom. The highest BCUT2D eigenvalue weighted by atomic mass is 125. The number of anilines is 1. The Balaban J connectivity index is 1.35. The summed E-state index contributed by atoms with van der Waals surface area (Å²) in [5, 5.41) is 0. The number of aryl methyl sites for hydroxylation is 1. The van der Waals surface area contributed by atoms with Crippen molar-refractivity contribution in [1.29, 1.82) is 0 Å². The maximum absolute atomic E-state index is 12.1. The van der Waals surface area contributed by atoms with E-state index < -0.39 is 0 Å². The van der Waals surface area contributed by atoms with Crippen molar-refractivity contribution in [1.82, 2.24) is 19.5 Å². The number of ether oxygens (including phenoxy) is 1. The predicted molar refractivity (Wildman–Crippen MR) is 120 cm³/mol. The Morgan fingerprint density at radius 3 is 3.07 bits per heavy atom. The fourth-order valence-corrected chi connectivity index (χ4v) is 5.01. The molecular formula is C21H22IN5O3. The van der Waals surface area contributed by atoms with Crippen molar-refractivity contribution in [3.8, 4) is 17.3 Å². The molecule has 1 aliphatic carbocycles. The van der Waals surface area contributed by atoms with E-state index in [0.29, 0.717) is 44.3 Å². The van der Waals surface area contributed by atoms with Crippen molar-refractivity contribution in [3.63, 3.8) is 0 Å². The molecule has 2 N–H and O–H groups in total. The van der Waals surface area contributed by atoms with E-state index in [0.717, 1.165) is 31.6 Å². The third kappa shape index (κ3) is 3.38. The summed E-state index contributed by atoms with van der Waals surface area (Å²) in [6.07, 6.45) is 6.62. The SMILES string of the molecule is Cc1cc2c(c(=O)o1)C=C1CCC(C(C)Cn3cnc(N)c4nc([125I])nc3-4)C[C@@H]1O2. The molecule has 0 aromatic carbocycles. The van der Waals surface area contributed by atoms with Crippen LogP contribution in [0.2, 0.25) is 0 Å². The molecule has 3 atom stereocenters. The lowest BCUT2D eigenvalue weighted by molar-refractivity contribution is 0.135. The number of imidazole rings is 1. The summed E-state index contributed by atoms with van der Waals surface area (Å²) in [5.41, 5.74) is 8.01. The first-order valence-corrected chi connectivity index (χ1v) is 11.1. The van der Waals surface area contributed by atoms with E-state index in [4.69, 9.17) is 14.9 Å². The molecule has 4 aliphatic rings. The van der Waals surface area contributed by atoms with E-state index in [2.05, 4.69) is 44.5 Å². The van der Waals surface area contributed by atoms with Crippen LogP contribution in [0, 0.1) is 22.6 Å². The van der Waals surface area contributed by atoms with Gasteiger partial charge in [0.05, 0.1) is 6.33 Å². The molecule has 0 saturated heterocycles. The summed E-state index contributed by atoms with van der Waals surface area (Å²) in [6, 6.07) is 1.80. The lowest BCUT2D eigenvalue weighted by atomic mass is 9.76. The van der Waals surface area contributed by atoms with Gasteiger partial charge in [-0.15, -0.1) is 0 Å². The first kappa shape index (κ1) is 19.5. The van der Waals surface area contributed by atoms with Crippen molar-refractivity contribution in [2.75, 3.05) is 5.73 Å². The largest absolute Gasteiger partial charge is 0.485 e. The van der Waals surface area contributed by atoms with Gasteiger partial charge in [-0.2, -0.15) is 0 Å². The number of nitrogen functional groups attached to an aromatic ring is 1. The highest BCUT2D eigenvalue weighted by Gasteiger charge is 2.34. The Morgan fingerprint density at radius 2 is 2.23 bits per heavy atom. The van der Waals surface area contributed by atoms with E-state index in [9.17, 15) is 4.79 Å². The molecule has 1 aromatic rings. The number of hydrogen-bond acceptors (Lipinski definition) is 7. The predicted octanol–water partition coefficient (Wildman–Crippen LogP) is 3.51. The third-order valence-electron chi connectivity index (χ3n) is 6.16. The lowest BCUT2D eigenvalue weighted by Crippen LogP contribution is -2.34. The van der Waals surface area contributed by atoms with Gasteiger partial charge in [-0.3, -0.25) is 0 Å². The van der Waals surface area contributed by atoms with Crippen LogP contribution >= 0.6 is 22.6 Å². The highest BCUT2D eigenvalue weighted by Crippen LogP contribution is 2.40. The fraction of sp³-hybridized carbons (Fsp3) is 0.429. The first-order valence-electron chi connectivity index (χ1n) is 10.0. The van der Waals surface area contributed by atoms with Crippen LogP contribution in [0.4, 0.5) is 5.82 Å². The Labute approximate surface area is 187 Å². The summed E-state index contributed by atoms with van der Waals surface area (Å²) >= 11 is 2.10. The average molecular weight is 517 g/mol. The van der Waals surface area contributed by atoms with Gasteiger partial charge in [0.1, 0.15) is 23.2 Å². The molecule has 0 amide bonds. The second-order valence-electron chi connectivity index (χ2n) is 8.21. The molecule has 1 aromatic heterocycles. The number of rotatable bonds is 3. The summed E-state index contributed by atoms with van der Waals surface area (Å²) in [5.74, 6) is 3.26. The summed E-state index contributed by atoms with van der Waals surface area (Å²) < 4.78 is 14.2. The van der Waals surface area contributed by atoms with Crippen LogP contribution in [0.1, 0.15) is 37.5 Å². The molecule has 2 unspecified atom stereocenters.